The summed E-state index contributed by atoms with van der Waals surface area (Å²) in [6.07, 6.45) is -2.52. The molecule has 2 aliphatic heterocycles. The summed E-state index contributed by atoms with van der Waals surface area (Å²) in [4.78, 5) is 0. The minimum Gasteiger partial charge on any atom is -0.396 e. The lowest BCUT2D eigenvalue weighted by Crippen LogP contribution is -2.47. The largest absolute Gasteiger partial charge is 0.396 e. The fraction of sp³-hybridized carbons (Fsp3) is 1.00. The van der Waals surface area contributed by atoms with E-state index in [1.807, 2.05) is 13.8 Å². The van der Waals surface area contributed by atoms with Gasteiger partial charge in [0.25, 0.3) is 0 Å². The number of rotatable bonds is 5. The maximum absolute atomic E-state index is 9.89. The Morgan fingerprint density at radius 2 is 1.67 bits per heavy atom. The van der Waals surface area contributed by atoms with Crippen LogP contribution in [-0.4, -0.2) is 71.1 Å². The van der Waals surface area contributed by atoms with Crippen LogP contribution in [0.3, 0.4) is 0 Å². The van der Waals surface area contributed by atoms with Crippen LogP contribution < -0.4 is 0 Å². The van der Waals surface area contributed by atoms with E-state index in [-0.39, 0.29) is 12.7 Å². The maximum Gasteiger partial charge on any atom is 0.163 e. The predicted molar refractivity (Wildman–Crippen MR) is 72.4 cm³/mol. The molecule has 2 aliphatic rings. The number of aliphatic hydroxyl groups excluding tert-OH is 3. The van der Waals surface area contributed by atoms with Crippen LogP contribution >= 0.6 is 0 Å². The third-order valence-electron chi connectivity index (χ3n) is 3.87. The van der Waals surface area contributed by atoms with Gasteiger partial charge in [-0.25, -0.2) is 0 Å². The number of hydrogen-bond donors (Lipinski definition) is 3. The lowest BCUT2D eigenvalue weighted by Gasteiger charge is -2.30. The van der Waals surface area contributed by atoms with Crippen molar-refractivity contribution in [3.8, 4) is 0 Å². The maximum atomic E-state index is 9.89. The first-order valence-electron chi connectivity index (χ1n) is 7.26. The molecule has 0 aromatic rings. The van der Waals surface area contributed by atoms with E-state index in [2.05, 4.69) is 0 Å². The lowest BCUT2D eigenvalue weighted by molar-refractivity contribution is -0.175. The first-order valence-corrected chi connectivity index (χ1v) is 7.26. The van der Waals surface area contributed by atoms with Gasteiger partial charge in [-0.05, 0) is 27.7 Å². The molecule has 2 fully saturated rings. The van der Waals surface area contributed by atoms with Gasteiger partial charge in [-0.3, -0.25) is 0 Å². The zero-order chi connectivity index (χ0) is 15.8. The Morgan fingerprint density at radius 3 is 2.14 bits per heavy atom. The molecule has 5 atom stereocenters. The average Bonchev–Trinajstić information content (AvgIpc) is 2.89. The number of aliphatic hydroxyl groups is 3. The fourth-order valence-electron chi connectivity index (χ4n) is 2.89. The summed E-state index contributed by atoms with van der Waals surface area (Å²) in [5.41, 5.74) is 0. The van der Waals surface area contributed by atoms with Crippen LogP contribution in [0.15, 0.2) is 0 Å². The van der Waals surface area contributed by atoms with E-state index in [1.165, 1.54) is 0 Å². The van der Waals surface area contributed by atoms with Crippen molar-refractivity contribution in [1.29, 1.82) is 0 Å². The topological polar surface area (TPSA) is 97.6 Å². The summed E-state index contributed by atoms with van der Waals surface area (Å²) in [5.74, 6) is -2.21. The molecular formula is C14H26O7. The molecule has 2 rings (SSSR count). The van der Waals surface area contributed by atoms with Crippen molar-refractivity contribution in [3.05, 3.63) is 0 Å². The number of ether oxygens (including phenoxy) is 4. The van der Waals surface area contributed by atoms with Gasteiger partial charge in [-0.2, -0.15) is 0 Å². The molecule has 0 saturated carbocycles. The second-order valence-corrected chi connectivity index (χ2v) is 6.53. The van der Waals surface area contributed by atoms with Gasteiger partial charge in [-0.15, -0.1) is 0 Å². The van der Waals surface area contributed by atoms with Crippen LogP contribution in [-0.2, 0) is 18.9 Å². The summed E-state index contributed by atoms with van der Waals surface area (Å²) in [5, 5.41) is 28.6. The van der Waals surface area contributed by atoms with Crippen molar-refractivity contribution < 1.29 is 34.3 Å². The Labute approximate surface area is 124 Å². The van der Waals surface area contributed by atoms with Crippen molar-refractivity contribution >= 4 is 0 Å². The second kappa shape index (κ2) is 6.08. The molecule has 0 unspecified atom stereocenters. The lowest BCUT2D eigenvalue weighted by atomic mass is 9.91. The van der Waals surface area contributed by atoms with Crippen LogP contribution in [0, 0.1) is 5.92 Å². The van der Waals surface area contributed by atoms with E-state index < -0.39 is 42.4 Å². The summed E-state index contributed by atoms with van der Waals surface area (Å²) < 4.78 is 23.1. The van der Waals surface area contributed by atoms with Crippen molar-refractivity contribution in [3.63, 3.8) is 0 Å². The Hall–Kier alpha value is -0.280. The molecule has 0 radical (unpaired) electrons. The highest BCUT2D eigenvalue weighted by Gasteiger charge is 2.52. The summed E-state index contributed by atoms with van der Waals surface area (Å²) in [6, 6.07) is 0. The predicted octanol–water partition coefficient (Wildman–Crippen LogP) is -0.380. The number of hydrogen-bond acceptors (Lipinski definition) is 7. The van der Waals surface area contributed by atoms with Gasteiger partial charge in [0.05, 0.1) is 32.0 Å². The summed E-state index contributed by atoms with van der Waals surface area (Å²) in [6.45, 7) is 6.73. The first kappa shape index (κ1) is 17.1. The molecule has 0 spiro atoms. The van der Waals surface area contributed by atoms with Crippen molar-refractivity contribution in [1.82, 2.24) is 0 Å². The molecule has 0 aromatic carbocycles. The zero-order valence-corrected chi connectivity index (χ0v) is 13.0. The van der Waals surface area contributed by atoms with Gasteiger partial charge < -0.3 is 34.3 Å². The van der Waals surface area contributed by atoms with E-state index in [1.54, 1.807) is 13.8 Å². The average molecular weight is 306 g/mol. The van der Waals surface area contributed by atoms with Crippen LogP contribution in [0.4, 0.5) is 0 Å². The highest BCUT2D eigenvalue weighted by molar-refractivity contribution is 4.95. The highest BCUT2D eigenvalue weighted by Crippen LogP contribution is 2.38. The Morgan fingerprint density at radius 1 is 1.00 bits per heavy atom. The Bertz CT molecular complexity index is 357. The van der Waals surface area contributed by atoms with Gasteiger partial charge in [-0.1, -0.05) is 0 Å². The standard InChI is InChI=1S/C14H26O7/c1-13(2)18-7-10(19-13)12-11(20-14(3,4)21-12)8(5-15)9(17)6-16/h8-12,15-17H,5-7H2,1-4H3/t8-,9-,10-,11+,12-/m1/s1. The van der Waals surface area contributed by atoms with E-state index >= 15 is 0 Å². The molecule has 0 aromatic heterocycles. The zero-order valence-electron chi connectivity index (χ0n) is 13.0. The smallest absolute Gasteiger partial charge is 0.163 e. The molecular weight excluding hydrogens is 280 g/mol. The highest BCUT2D eigenvalue weighted by atomic mass is 16.8. The van der Waals surface area contributed by atoms with Crippen molar-refractivity contribution in [2.24, 2.45) is 5.92 Å². The minimum absolute atomic E-state index is 0.320. The van der Waals surface area contributed by atoms with E-state index in [4.69, 9.17) is 24.1 Å². The molecule has 124 valence electrons. The van der Waals surface area contributed by atoms with Crippen molar-refractivity contribution in [2.45, 2.75) is 63.7 Å². The molecule has 0 bridgehead atoms. The third-order valence-corrected chi connectivity index (χ3v) is 3.87. The van der Waals surface area contributed by atoms with Crippen LogP contribution in [0.1, 0.15) is 27.7 Å². The van der Waals surface area contributed by atoms with E-state index in [0.717, 1.165) is 0 Å². The van der Waals surface area contributed by atoms with Gasteiger partial charge in [0.2, 0.25) is 0 Å². The van der Waals surface area contributed by atoms with Gasteiger partial charge in [0.15, 0.2) is 11.6 Å². The molecule has 0 aliphatic carbocycles. The quantitative estimate of drug-likeness (QED) is 0.637. The Balaban J connectivity index is 2.17. The molecule has 3 N–H and O–H groups in total. The van der Waals surface area contributed by atoms with Crippen LogP contribution in [0.25, 0.3) is 0 Å². The monoisotopic (exact) mass is 306 g/mol. The fourth-order valence-corrected chi connectivity index (χ4v) is 2.89. The van der Waals surface area contributed by atoms with Crippen LogP contribution in [0.5, 0.6) is 0 Å². The summed E-state index contributed by atoms with van der Waals surface area (Å²) >= 11 is 0. The molecule has 7 nitrogen and oxygen atoms in total. The second-order valence-electron chi connectivity index (χ2n) is 6.53. The Kier molecular flexibility index (Phi) is 4.94. The molecule has 2 heterocycles. The minimum atomic E-state index is -1.09. The van der Waals surface area contributed by atoms with Gasteiger partial charge in [0.1, 0.15) is 12.2 Å². The summed E-state index contributed by atoms with van der Waals surface area (Å²) in [7, 11) is 0. The molecule has 21 heavy (non-hydrogen) atoms. The van der Waals surface area contributed by atoms with E-state index in [9.17, 15) is 10.2 Å². The van der Waals surface area contributed by atoms with Crippen LogP contribution in [0.2, 0.25) is 0 Å². The normalized spacial score (nSPS) is 37.6. The van der Waals surface area contributed by atoms with Gasteiger partial charge in [0, 0.05) is 5.92 Å². The third kappa shape index (κ3) is 3.73. The van der Waals surface area contributed by atoms with E-state index in [0.29, 0.717) is 6.61 Å². The first-order chi connectivity index (χ1) is 9.69. The molecule has 7 heteroatoms. The SMILES string of the molecule is CC1(C)O[C@@H]([C@H](CO)[C@H](O)CO)[C@@H]([C@H]2COC(C)(C)O2)O1. The molecule has 2 saturated heterocycles. The molecule has 0 amide bonds. The van der Waals surface area contributed by atoms with Gasteiger partial charge >= 0.3 is 0 Å². The van der Waals surface area contributed by atoms with Crippen molar-refractivity contribution in [2.75, 3.05) is 19.8 Å².